The molecule has 2 N–H and O–H groups in total. The molecule has 0 unspecified atom stereocenters. The Morgan fingerprint density at radius 3 is 2.38 bits per heavy atom. The molecular weight excluding hydrogens is 368 g/mol. The first kappa shape index (κ1) is 22.3. The lowest BCUT2D eigenvalue weighted by Crippen LogP contribution is -2.23. The summed E-state index contributed by atoms with van der Waals surface area (Å²) in [6.45, 7) is 6.79. The molecule has 0 aromatic heterocycles. The summed E-state index contributed by atoms with van der Waals surface area (Å²) >= 11 is 0. The van der Waals surface area contributed by atoms with E-state index in [0.29, 0.717) is 35.9 Å². The van der Waals surface area contributed by atoms with E-state index in [1.807, 2.05) is 32.0 Å². The molecule has 0 radical (unpaired) electrons. The van der Waals surface area contributed by atoms with Crippen LogP contribution in [0.3, 0.4) is 0 Å². The van der Waals surface area contributed by atoms with Crippen LogP contribution in [-0.4, -0.2) is 25.5 Å². The second kappa shape index (κ2) is 11.1. The van der Waals surface area contributed by atoms with E-state index >= 15 is 0 Å². The molecule has 0 aliphatic rings. The second-order valence-electron chi connectivity index (χ2n) is 7.09. The molecule has 6 heteroatoms. The van der Waals surface area contributed by atoms with Crippen LogP contribution >= 0.6 is 0 Å². The van der Waals surface area contributed by atoms with Crippen LogP contribution in [0.25, 0.3) is 0 Å². The van der Waals surface area contributed by atoms with Gasteiger partial charge in [0.1, 0.15) is 0 Å². The van der Waals surface area contributed by atoms with Gasteiger partial charge < -0.3 is 20.1 Å². The minimum absolute atomic E-state index is 0.0572. The summed E-state index contributed by atoms with van der Waals surface area (Å²) in [5, 5.41) is 5.70. The van der Waals surface area contributed by atoms with Gasteiger partial charge in [-0.1, -0.05) is 33.3 Å². The molecule has 0 saturated heterocycles. The molecule has 156 valence electrons. The zero-order valence-electron chi connectivity index (χ0n) is 17.6. The van der Waals surface area contributed by atoms with Gasteiger partial charge in [-0.05, 0) is 48.4 Å². The summed E-state index contributed by atoms with van der Waals surface area (Å²) in [6.07, 6.45) is 2.05. The molecule has 2 aromatic carbocycles. The van der Waals surface area contributed by atoms with Crippen molar-refractivity contribution in [1.82, 2.24) is 5.32 Å². The largest absolute Gasteiger partial charge is 0.493 e. The number of amides is 2. The number of carbonyl (C=O) groups excluding carboxylic acids is 2. The fourth-order valence-electron chi connectivity index (χ4n) is 2.54. The van der Waals surface area contributed by atoms with E-state index in [4.69, 9.17) is 9.47 Å². The molecule has 2 amide bonds. The van der Waals surface area contributed by atoms with Crippen LogP contribution in [0, 0.1) is 5.92 Å². The van der Waals surface area contributed by atoms with Crippen LogP contribution in [0.1, 0.15) is 49.5 Å². The number of hydrogen-bond donors (Lipinski definition) is 2. The molecule has 0 heterocycles. The van der Waals surface area contributed by atoms with Gasteiger partial charge in [-0.3, -0.25) is 9.59 Å². The maximum atomic E-state index is 12.4. The van der Waals surface area contributed by atoms with Crippen molar-refractivity contribution >= 4 is 17.5 Å². The number of benzene rings is 2. The molecule has 2 aromatic rings. The van der Waals surface area contributed by atoms with E-state index in [1.54, 1.807) is 31.4 Å². The predicted octanol–water partition coefficient (Wildman–Crippen LogP) is 4.40. The van der Waals surface area contributed by atoms with Gasteiger partial charge in [-0.2, -0.15) is 0 Å². The van der Waals surface area contributed by atoms with Gasteiger partial charge in [0.2, 0.25) is 5.91 Å². The summed E-state index contributed by atoms with van der Waals surface area (Å²) in [7, 11) is 1.60. The average Bonchev–Trinajstić information content (AvgIpc) is 2.73. The highest BCUT2D eigenvalue weighted by Crippen LogP contribution is 2.28. The lowest BCUT2D eigenvalue weighted by Gasteiger charge is -2.13. The highest BCUT2D eigenvalue weighted by molar-refractivity contribution is 5.96. The Labute approximate surface area is 172 Å². The zero-order valence-corrected chi connectivity index (χ0v) is 17.6. The molecule has 0 saturated carbocycles. The summed E-state index contributed by atoms with van der Waals surface area (Å²) in [5.41, 5.74) is 2.11. The maximum absolute atomic E-state index is 12.4. The van der Waals surface area contributed by atoms with Crippen molar-refractivity contribution in [2.24, 2.45) is 5.92 Å². The highest BCUT2D eigenvalue weighted by Gasteiger charge is 2.10. The van der Waals surface area contributed by atoms with E-state index in [1.165, 1.54) is 0 Å². The minimum Gasteiger partial charge on any atom is -0.493 e. The topological polar surface area (TPSA) is 76.7 Å². The van der Waals surface area contributed by atoms with Crippen LogP contribution in [0.4, 0.5) is 5.69 Å². The van der Waals surface area contributed by atoms with Crippen molar-refractivity contribution < 1.29 is 19.1 Å². The second-order valence-corrected chi connectivity index (χ2v) is 7.09. The average molecular weight is 399 g/mol. The zero-order chi connectivity index (χ0) is 21.2. The molecule has 0 bridgehead atoms. The van der Waals surface area contributed by atoms with Gasteiger partial charge >= 0.3 is 0 Å². The van der Waals surface area contributed by atoms with Crippen LogP contribution in [-0.2, 0) is 11.3 Å². The number of ether oxygens (including phenoxy) is 2. The Balaban J connectivity index is 1.93. The number of methoxy groups -OCH3 is 1. The van der Waals surface area contributed by atoms with E-state index in [2.05, 4.69) is 17.6 Å². The van der Waals surface area contributed by atoms with Gasteiger partial charge in [-0.15, -0.1) is 0 Å². The smallest absolute Gasteiger partial charge is 0.251 e. The number of rotatable bonds is 10. The highest BCUT2D eigenvalue weighted by atomic mass is 16.5. The lowest BCUT2D eigenvalue weighted by molar-refractivity contribution is -0.118. The summed E-state index contributed by atoms with van der Waals surface area (Å²) < 4.78 is 11.1. The summed E-state index contributed by atoms with van der Waals surface area (Å²) in [4.78, 5) is 24.1. The van der Waals surface area contributed by atoms with Crippen molar-refractivity contribution in [1.29, 1.82) is 0 Å². The Hall–Kier alpha value is -3.02. The van der Waals surface area contributed by atoms with E-state index < -0.39 is 0 Å². The molecule has 0 fully saturated rings. The van der Waals surface area contributed by atoms with Crippen LogP contribution < -0.4 is 20.1 Å². The molecule has 0 aliphatic heterocycles. The van der Waals surface area contributed by atoms with Crippen molar-refractivity contribution in [3.63, 3.8) is 0 Å². The molecular formula is C23H30N2O4. The van der Waals surface area contributed by atoms with Crippen LogP contribution in [0.2, 0.25) is 0 Å². The number of carbonyl (C=O) groups is 2. The van der Waals surface area contributed by atoms with Crippen molar-refractivity contribution in [3.8, 4) is 11.5 Å². The van der Waals surface area contributed by atoms with Crippen LogP contribution in [0.15, 0.2) is 42.5 Å². The van der Waals surface area contributed by atoms with Gasteiger partial charge in [0.25, 0.3) is 5.91 Å². The molecule has 0 aliphatic carbocycles. The Kier molecular flexibility index (Phi) is 8.52. The Morgan fingerprint density at radius 2 is 1.76 bits per heavy atom. The fraction of sp³-hybridized carbons (Fsp3) is 0.391. The molecule has 0 atom stereocenters. The first-order valence-corrected chi connectivity index (χ1v) is 9.93. The summed E-state index contributed by atoms with van der Waals surface area (Å²) in [6, 6.07) is 12.5. The first-order chi connectivity index (χ1) is 13.9. The number of nitrogens with one attached hydrogen (secondary N) is 2. The van der Waals surface area contributed by atoms with Crippen molar-refractivity contribution in [2.75, 3.05) is 19.0 Å². The van der Waals surface area contributed by atoms with Gasteiger partial charge in [0.05, 0.1) is 13.7 Å². The predicted molar refractivity (Wildman–Crippen MR) is 114 cm³/mol. The lowest BCUT2D eigenvalue weighted by atomic mass is 10.1. The number of hydrogen-bond acceptors (Lipinski definition) is 4. The molecule has 0 spiro atoms. The van der Waals surface area contributed by atoms with Crippen molar-refractivity contribution in [3.05, 3.63) is 53.6 Å². The Morgan fingerprint density at radius 1 is 1.03 bits per heavy atom. The number of unbranched alkanes of at least 4 members (excludes halogenated alkanes) is 1. The van der Waals surface area contributed by atoms with Crippen molar-refractivity contribution in [2.45, 2.75) is 40.2 Å². The SMILES string of the molecule is CCCCOc1ccc(CNC(=O)c2ccc(NC(=O)C(C)C)cc2)cc1OC. The fourth-order valence-corrected chi connectivity index (χ4v) is 2.54. The minimum atomic E-state index is -0.186. The third-order valence-electron chi connectivity index (χ3n) is 4.38. The van der Waals surface area contributed by atoms with E-state index in [0.717, 1.165) is 18.4 Å². The third-order valence-corrected chi connectivity index (χ3v) is 4.38. The quantitative estimate of drug-likeness (QED) is 0.582. The van der Waals surface area contributed by atoms with Crippen LogP contribution in [0.5, 0.6) is 11.5 Å². The van der Waals surface area contributed by atoms with E-state index in [-0.39, 0.29) is 17.7 Å². The van der Waals surface area contributed by atoms with E-state index in [9.17, 15) is 9.59 Å². The standard InChI is InChI=1S/C23H30N2O4/c1-5-6-13-29-20-12-7-17(14-21(20)28-4)15-24-23(27)18-8-10-19(11-9-18)25-22(26)16(2)3/h7-12,14,16H,5-6,13,15H2,1-4H3,(H,24,27)(H,25,26). The Bertz CT molecular complexity index is 816. The van der Waals surface area contributed by atoms with Gasteiger partial charge in [0.15, 0.2) is 11.5 Å². The molecule has 29 heavy (non-hydrogen) atoms. The molecule has 2 rings (SSSR count). The number of anilines is 1. The van der Waals surface area contributed by atoms with Gasteiger partial charge in [0, 0.05) is 23.7 Å². The summed E-state index contributed by atoms with van der Waals surface area (Å²) in [5.74, 6) is 1.01. The monoisotopic (exact) mass is 398 g/mol. The van der Waals surface area contributed by atoms with Gasteiger partial charge in [-0.25, -0.2) is 0 Å². The molecule has 6 nitrogen and oxygen atoms in total. The normalized spacial score (nSPS) is 10.5. The first-order valence-electron chi connectivity index (χ1n) is 9.93. The maximum Gasteiger partial charge on any atom is 0.251 e. The third kappa shape index (κ3) is 6.82.